The highest BCUT2D eigenvalue weighted by molar-refractivity contribution is 6.30. The second kappa shape index (κ2) is 8.84. The zero-order valence-corrected chi connectivity index (χ0v) is 17.7. The van der Waals surface area contributed by atoms with Crippen LogP contribution in [0, 0.1) is 0 Å². The molecule has 0 N–H and O–H groups in total. The molecule has 1 aliphatic rings. The maximum Gasteiger partial charge on any atom is 0.198 e. The fraction of sp³-hybridized carbons (Fsp3) is 0.160. The average Bonchev–Trinajstić information content (AvgIpc) is 3.43. The molecule has 4 aromatic rings. The van der Waals surface area contributed by atoms with Gasteiger partial charge in [0.2, 0.25) is 0 Å². The van der Waals surface area contributed by atoms with Crippen LogP contribution in [0.3, 0.4) is 0 Å². The van der Waals surface area contributed by atoms with Crippen molar-refractivity contribution in [3.8, 4) is 5.75 Å². The van der Waals surface area contributed by atoms with Gasteiger partial charge in [-0.2, -0.15) is 0 Å². The lowest BCUT2D eigenvalue weighted by atomic mass is 10.1. The second-order valence-corrected chi connectivity index (χ2v) is 7.97. The van der Waals surface area contributed by atoms with Crippen LogP contribution in [-0.4, -0.2) is 22.7 Å². The lowest BCUT2D eigenvalue weighted by Crippen LogP contribution is -2.17. The molecule has 5 rings (SSSR count). The summed E-state index contributed by atoms with van der Waals surface area (Å²) in [5, 5.41) is 3.71. The van der Waals surface area contributed by atoms with E-state index in [0.29, 0.717) is 19.8 Å². The molecule has 0 saturated heterocycles. The van der Waals surface area contributed by atoms with E-state index in [1.165, 1.54) is 17.5 Å². The lowest BCUT2D eigenvalue weighted by Gasteiger charge is -2.12. The normalized spacial score (nSPS) is 13.6. The molecule has 0 atom stereocenters. The summed E-state index contributed by atoms with van der Waals surface area (Å²) >= 11 is 5.98. The molecule has 3 aromatic carbocycles. The van der Waals surface area contributed by atoms with Crippen LogP contribution in [0.1, 0.15) is 16.7 Å². The number of ether oxygens (including phenoxy) is 1. The van der Waals surface area contributed by atoms with Crippen molar-refractivity contribution < 1.29 is 9.57 Å². The van der Waals surface area contributed by atoms with Gasteiger partial charge in [0.05, 0.1) is 6.54 Å². The van der Waals surface area contributed by atoms with Crippen molar-refractivity contribution in [2.24, 2.45) is 4.99 Å². The molecule has 1 aromatic heterocycles. The van der Waals surface area contributed by atoms with Gasteiger partial charge >= 0.3 is 0 Å². The summed E-state index contributed by atoms with van der Waals surface area (Å²) in [4.78, 5) is 9.61. The van der Waals surface area contributed by atoms with Gasteiger partial charge in [0.25, 0.3) is 0 Å². The molecule has 0 amide bonds. The van der Waals surface area contributed by atoms with E-state index in [9.17, 15) is 0 Å². The van der Waals surface area contributed by atoms with Crippen molar-refractivity contribution in [1.82, 2.24) is 9.63 Å². The Morgan fingerprint density at radius 1 is 0.935 bits per heavy atom. The Morgan fingerprint density at radius 2 is 1.77 bits per heavy atom. The summed E-state index contributed by atoms with van der Waals surface area (Å²) < 4.78 is 8.35. The molecule has 1 aliphatic heterocycles. The zero-order valence-electron chi connectivity index (χ0n) is 16.9. The van der Waals surface area contributed by atoms with E-state index < -0.39 is 0 Å². The van der Waals surface area contributed by atoms with E-state index in [0.717, 1.165) is 33.8 Å². The number of fused-ring (bicyclic) bond motifs is 1. The van der Waals surface area contributed by atoms with Crippen LogP contribution < -0.4 is 4.74 Å². The van der Waals surface area contributed by atoms with Crippen molar-refractivity contribution in [1.29, 1.82) is 0 Å². The molecule has 0 bridgehead atoms. The Kier molecular flexibility index (Phi) is 5.61. The molecular formula is C25H22ClN3O2. The topological polar surface area (TPSA) is 39.0 Å². The highest BCUT2D eigenvalue weighted by Crippen LogP contribution is 2.29. The first-order valence-corrected chi connectivity index (χ1v) is 10.6. The molecule has 2 heterocycles. The van der Waals surface area contributed by atoms with Gasteiger partial charge in [-0.1, -0.05) is 54.1 Å². The number of aromatic nitrogens is 1. The zero-order chi connectivity index (χ0) is 21.0. The highest BCUT2D eigenvalue weighted by atomic mass is 35.5. The van der Waals surface area contributed by atoms with E-state index in [2.05, 4.69) is 52.2 Å². The van der Waals surface area contributed by atoms with Gasteiger partial charge in [-0.15, -0.1) is 5.06 Å². The average molecular weight is 432 g/mol. The fourth-order valence-corrected chi connectivity index (χ4v) is 3.88. The van der Waals surface area contributed by atoms with Crippen LogP contribution in [0.2, 0.25) is 5.02 Å². The first kappa shape index (κ1) is 19.7. The third-order valence-electron chi connectivity index (χ3n) is 5.31. The highest BCUT2D eigenvalue weighted by Gasteiger charge is 2.16. The number of rotatable bonds is 7. The fourth-order valence-electron chi connectivity index (χ4n) is 3.76. The van der Waals surface area contributed by atoms with E-state index in [1.807, 2.05) is 41.5 Å². The molecule has 6 heteroatoms. The number of aliphatic imine (C=N–C) groups is 1. The minimum absolute atomic E-state index is 0.492. The number of hydroxylamine groups is 2. The Morgan fingerprint density at radius 3 is 2.55 bits per heavy atom. The lowest BCUT2D eigenvalue weighted by molar-refractivity contribution is -0.0515. The summed E-state index contributed by atoms with van der Waals surface area (Å²) in [5.41, 5.74) is 4.68. The number of hydrogen-bond acceptors (Lipinski definition) is 4. The Hall–Kier alpha value is -3.28. The Bertz CT molecular complexity index is 1190. The third-order valence-corrected chi connectivity index (χ3v) is 5.56. The molecule has 0 aliphatic carbocycles. The van der Waals surface area contributed by atoms with Crippen LogP contribution in [-0.2, 0) is 24.5 Å². The molecule has 31 heavy (non-hydrogen) atoms. The van der Waals surface area contributed by atoms with Crippen molar-refractivity contribution in [2.45, 2.75) is 19.7 Å². The van der Waals surface area contributed by atoms with Crippen LogP contribution in [0.15, 0.2) is 84.0 Å². The third kappa shape index (κ3) is 4.58. The largest absolute Gasteiger partial charge is 0.489 e. The number of halogens is 1. The summed E-state index contributed by atoms with van der Waals surface area (Å²) in [5.74, 6) is 0.833. The van der Waals surface area contributed by atoms with Crippen molar-refractivity contribution in [3.63, 3.8) is 0 Å². The van der Waals surface area contributed by atoms with Crippen molar-refractivity contribution in [2.75, 3.05) is 6.67 Å². The minimum Gasteiger partial charge on any atom is -0.489 e. The SMILES string of the molecule is Clc1ccc(COc2ccc3c(c2)c(CN2CN=CO2)cn3Cc2ccccc2)cc1. The quantitative estimate of drug-likeness (QED) is 0.379. The predicted molar refractivity (Wildman–Crippen MR) is 123 cm³/mol. The van der Waals surface area contributed by atoms with Gasteiger partial charge in [-0.25, -0.2) is 4.99 Å². The molecule has 0 radical (unpaired) electrons. The van der Waals surface area contributed by atoms with E-state index in [1.54, 1.807) is 0 Å². The maximum absolute atomic E-state index is 6.07. The van der Waals surface area contributed by atoms with Gasteiger partial charge in [-0.3, -0.25) is 0 Å². The number of hydrogen-bond donors (Lipinski definition) is 0. The van der Waals surface area contributed by atoms with Gasteiger partial charge in [0.1, 0.15) is 19.0 Å². The van der Waals surface area contributed by atoms with E-state index in [-0.39, 0.29) is 0 Å². The van der Waals surface area contributed by atoms with E-state index >= 15 is 0 Å². The van der Waals surface area contributed by atoms with Crippen LogP contribution in [0.25, 0.3) is 10.9 Å². The monoisotopic (exact) mass is 431 g/mol. The summed E-state index contributed by atoms with van der Waals surface area (Å²) in [6.45, 7) is 2.49. The number of nitrogens with zero attached hydrogens (tertiary/aromatic N) is 3. The Balaban J connectivity index is 1.43. The first-order valence-electron chi connectivity index (χ1n) is 10.2. The van der Waals surface area contributed by atoms with Gasteiger partial charge < -0.3 is 14.1 Å². The standard InChI is InChI=1S/C25H22ClN3O2/c26-22-8-6-20(7-9-22)16-30-23-10-11-25-24(12-23)21(15-29-17-27-18-31-29)14-28(25)13-19-4-2-1-3-5-19/h1-12,14,18H,13,15-17H2. The molecule has 0 unspecified atom stereocenters. The molecule has 0 spiro atoms. The smallest absolute Gasteiger partial charge is 0.198 e. The number of benzene rings is 3. The van der Waals surface area contributed by atoms with Crippen LogP contribution in [0.4, 0.5) is 0 Å². The van der Waals surface area contributed by atoms with Crippen LogP contribution in [0.5, 0.6) is 5.75 Å². The van der Waals surface area contributed by atoms with Gasteiger partial charge in [0, 0.05) is 28.7 Å². The second-order valence-electron chi connectivity index (χ2n) is 7.54. The van der Waals surface area contributed by atoms with Gasteiger partial charge in [0.15, 0.2) is 6.40 Å². The maximum atomic E-state index is 6.07. The van der Waals surface area contributed by atoms with Crippen molar-refractivity contribution in [3.05, 3.63) is 101 Å². The Labute approximate surface area is 186 Å². The van der Waals surface area contributed by atoms with Gasteiger partial charge in [-0.05, 0) is 47.0 Å². The molecule has 0 fully saturated rings. The minimum atomic E-state index is 0.492. The molecule has 5 nitrogen and oxygen atoms in total. The van der Waals surface area contributed by atoms with E-state index in [4.69, 9.17) is 21.2 Å². The summed E-state index contributed by atoms with van der Waals surface area (Å²) in [6, 6.07) is 24.4. The summed E-state index contributed by atoms with van der Waals surface area (Å²) in [7, 11) is 0. The van der Waals surface area contributed by atoms with Crippen molar-refractivity contribution >= 4 is 28.9 Å². The first-order chi connectivity index (χ1) is 15.2. The summed E-state index contributed by atoms with van der Waals surface area (Å²) in [6.07, 6.45) is 3.69. The molecular weight excluding hydrogens is 410 g/mol. The predicted octanol–water partition coefficient (Wildman–Crippen LogP) is 5.66. The molecule has 0 saturated carbocycles. The molecule has 156 valence electrons. The van der Waals surface area contributed by atoms with Crippen LogP contribution >= 0.6 is 11.6 Å².